The fourth-order valence-electron chi connectivity index (χ4n) is 6.19. The quantitative estimate of drug-likeness (QED) is 0.831. The summed E-state index contributed by atoms with van der Waals surface area (Å²) < 4.78 is 0. The highest BCUT2D eigenvalue weighted by Crippen LogP contribution is 2.50. The van der Waals surface area contributed by atoms with E-state index in [9.17, 15) is 4.79 Å². The van der Waals surface area contributed by atoms with Gasteiger partial charge in [-0.25, -0.2) is 0 Å². The minimum absolute atomic E-state index is 0.345. The van der Waals surface area contributed by atoms with Crippen LogP contribution in [0.15, 0.2) is 0 Å². The molecule has 0 aromatic rings. The molecule has 0 saturated heterocycles. The van der Waals surface area contributed by atoms with Crippen LogP contribution in [0.4, 0.5) is 0 Å². The van der Waals surface area contributed by atoms with Crippen molar-refractivity contribution in [1.29, 1.82) is 0 Å². The van der Waals surface area contributed by atoms with E-state index in [0.717, 1.165) is 36.0 Å². The second-order valence-electron chi connectivity index (χ2n) is 8.33. The first-order chi connectivity index (χ1) is 9.69. The lowest BCUT2D eigenvalue weighted by molar-refractivity contribution is -0.123. The van der Waals surface area contributed by atoms with Gasteiger partial charge in [-0.1, -0.05) is 12.8 Å². The molecular weight excluding hydrogens is 246 g/mol. The summed E-state index contributed by atoms with van der Waals surface area (Å²) in [7, 11) is 0. The summed E-state index contributed by atoms with van der Waals surface area (Å²) in [6.07, 6.45) is 12.1. The minimum Gasteiger partial charge on any atom is -0.353 e. The van der Waals surface area contributed by atoms with E-state index in [1.807, 2.05) is 0 Å². The molecule has 0 aromatic heterocycles. The van der Waals surface area contributed by atoms with E-state index in [1.54, 1.807) is 0 Å². The lowest BCUT2D eigenvalue weighted by Crippen LogP contribution is -2.41. The molecule has 4 aliphatic rings. The Labute approximate surface area is 123 Å². The third kappa shape index (κ3) is 2.29. The number of fused-ring (bicyclic) bond motifs is 4. The Balaban J connectivity index is 1.27. The molecule has 1 N–H and O–H groups in total. The van der Waals surface area contributed by atoms with E-state index in [1.165, 1.54) is 51.4 Å². The Morgan fingerprint density at radius 2 is 1.70 bits per heavy atom. The molecule has 0 spiro atoms. The molecule has 4 aliphatic carbocycles. The summed E-state index contributed by atoms with van der Waals surface area (Å²) in [5.74, 6) is 5.56. The number of hydrogen-bond donors (Lipinski definition) is 1. The topological polar surface area (TPSA) is 29.1 Å². The molecule has 4 saturated carbocycles. The van der Waals surface area contributed by atoms with Gasteiger partial charge in [-0.2, -0.15) is 0 Å². The predicted molar refractivity (Wildman–Crippen MR) is 80.1 cm³/mol. The van der Waals surface area contributed by atoms with Crippen molar-refractivity contribution < 1.29 is 4.79 Å². The van der Waals surface area contributed by atoms with Crippen LogP contribution in [0.2, 0.25) is 0 Å². The van der Waals surface area contributed by atoms with E-state index < -0.39 is 0 Å². The van der Waals surface area contributed by atoms with Crippen molar-refractivity contribution in [3.63, 3.8) is 0 Å². The first kappa shape index (κ1) is 13.2. The molecule has 4 rings (SSSR count). The SMILES string of the molecule is C[C@H](NC(=O)C[C@H]1C[C@H]2CC[C@H]1C2)[C@@H]1C[C@H]2CC[C@H]1C2. The van der Waals surface area contributed by atoms with Crippen LogP contribution in [0, 0.1) is 35.5 Å². The van der Waals surface area contributed by atoms with Gasteiger partial charge in [0.1, 0.15) is 0 Å². The molecule has 0 aromatic carbocycles. The fraction of sp³-hybridized carbons (Fsp3) is 0.944. The predicted octanol–water partition coefficient (Wildman–Crippen LogP) is 3.75. The second kappa shape index (κ2) is 5.03. The largest absolute Gasteiger partial charge is 0.353 e. The lowest BCUT2D eigenvalue weighted by Gasteiger charge is -2.29. The highest BCUT2D eigenvalue weighted by molar-refractivity contribution is 5.76. The summed E-state index contributed by atoms with van der Waals surface area (Å²) in [5.41, 5.74) is 0. The molecule has 112 valence electrons. The molecular formula is C18H29NO. The van der Waals surface area contributed by atoms with Gasteiger partial charge in [-0.05, 0) is 81.0 Å². The first-order valence-corrected chi connectivity index (χ1v) is 8.98. The Morgan fingerprint density at radius 3 is 2.25 bits per heavy atom. The molecule has 4 bridgehead atoms. The lowest BCUT2D eigenvalue weighted by atomic mass is 9.83. The third-order valence-corrected chi connectivity index (χ3v) is 7.16. The molecule has 4 fully saturated rings. The molecule has 0 radical (unpaired) electrons. The van der Waals surface area contributed by atoms with Crippen LogP contribution in [0.25, 0.3) is 0 Å². The molecule has 0 aliphatic heterocycles. The Morgan fingerprint density at radius 1 is 1.00 bits per heavy atom. The number of hydrogen-bond acceptors (Lipinski definition) is 1. The molecule has 0 unspecified atom stereocenters. The molecule has 2 heteroatoms. The van der Waals surface area contributed by atoms with E-state index in [0.29, 0.717) is 17.9 Å². The van der Waals surface area contributed by atoms with E-state index >= 15 is 0 Å². The molecule has 7 atom stereocenters. The summed E-state index contributed by atoms with van der Waals surface area (Å²) in [6.45, 7) is 2.25. The van der Waals surface area contributed by atoms with Crippen LogP contribution >= 0.6 is 0 Å². The Hall–Kier alpha value is -0.530. The number of amides is 1. The van der Waals surface area contributed by atoms with Crippen LogP contribution in [-0.4, -0.2) is 11.9 Å². The summed E-state index contributed by atoms with van der Waals surface area (Å²) >= 11 is 0. The van der Waals surface area contributed by atoms with Crippen LogP contribution < -0.4 is 5.32 Å². The summed E-state index contributed by atoms with van der Waals surface area (Å²) in [4.78, 5) is 12.3. The van der Waals surface area contributed by atoms with E-state index in [2.05, 4.69) is 12.2 Å². The van der Waals surface area contributed by atoms with E-state index in [4.69, 9.17) is 0 Å². The van der Waals surface area contributed by atoms with Gasteiger partial charge in [-0.15, -0.1) is 0 Å². The van der Waals surface area contributed by atoms with Crippen molar-refractivity contribution in [3.8, 4) is 0 Å². The van der Waals surface area contributed by atoms with Crippen molar-refractivity contribution in [2.24, 2.45) is 35.5 Å². The van der Waals surface area contributed by atoms with Gasteiger partial charge in [0, 0.05) is 12.5 Å². The molecule has 2 nitrogen and oxygen atoms in total. The van der Waals surface area contributed by atoms with Gasteiger partial charge in [-0.3, -0.25) is 4.79 Å². The summed E-state index contributed by atoms with van der Waals surface area (Å²) in [6, 6.07) is 0.413. The number of nitrogens with one attached hydrogen (secondary N) is 1. The number of rotatable bonds is 4. The summed E-state index contributed by atoms with van der Waals surface area (Å²) in [5, 5.41) is 3.35. The van der Waals surface area contributed by atoms with Crippen molar-refractivity contribution in [3.05, 3.63) is 0 Å². The van der Waals surface area contributed by atoms with Gasteiger partial charge >= 0.3 is 0 Å². The standard InChI is InChI=1S/C18H29NO/c1-11(17-9-13-3-5-15(17)7-13)19-18(20)10-16-8-12-2-4-14(16)6-12/h11-17H,2-10H2,1H3,(H,19,20)/t11-,12-,13-,14-,15-,16+,17-/m0/s1. The van der Waals surface area contributed by atoms with Crippen molar-refractivity contribution in [2.75, 3.05) is 0 Å². The fourth-order valence-corrected chi connectivity index (χ4v) is 6.19. The van der Waals surface area contributed by atoms with Crippen LogP contribution in [0.3, 0.4) is 0 Å². The first-order valence-electron chi connectivity index (χ1n) is 8.98. The van der Waals surface area contributed by atoms with Gasteiger partial charge in [0.15, 0.2) is 0 Å². The molecule has 0 heterocycles. The maximum Gasteiger partial charge on any atom is 0.220 e. The van der Waals surface area contributed by atoms with Crippen molar-refractivity contribution in [1.82, 2.24) is 5.32 Å². The Kier molecular flexibility index (Phi) is 3.31. The molecule has 1 amide bonds. The van der Waals surface area contributed by atoms with Crippen molar-refractivity contribution >= 4 is 5.91 Å². The zero-order valence-electron chi connectivity index (χ0n) is 12.8. The number of carbonyl (C=O) groups excluding carboxylic acids is 1. The highest BCUT2D eigenvalue weighted by Gasteiger charge is 2.43. The normalized spacial score (nSPS) is 46.9. The maximum atomic E-state index is 12.3. The number of carbonyl (C=O) groups is 1. The minimum atomic E-state index is 0.345. The zero-order chi connectivity index (χ0) is 13.7. The zero-order valence-corrected chi connectivity index (χ0v) is 12.8. The average Bonchev–Trinajstić information content (AvgIpc) is 3.18. The second-order valence-corrected chi connectivity index (χ2v) is 8.33. The molecule has 20 heavy (non-hydrogen) atoms. The Bertz CT molecular complexity index is 393. The van der Waals surface area contributed by atoms with Crippen molar-refractivity contribution in [2.45, 2.75) is 70.8 Å². The van der Waals surface area contributed by atoms with Gasteiger partial charge < -0.3 is 5.32 Å². The average molecular weight is 275 g/mol. The van der Waals surface area contributed by atoms with Crippen LogP contribution in [0.5, 0.6) is 0 Å². The van der Waals surface area contributed by atoms with E-state index in [-0.39, 0.29) is 0 Å². The smallest absolute Gasteiger partial charge is 0.220 e. The monoisotopic (exact) mass is 275 g/mol. The van der Waals surface area contributed by atoms with Crippen LogP contribution in [-0.2, 0) is 4.79 Å². The van der Waals surface area contributed by atoms with Crippen LogP contribution in [0.1, 0.15) is 64.7 Å². The van der Waals surface area contributed by atoms with Gasteiger partial charge in [0.05, 0.1) is 0 Å². The van der Waals surface area contributed by atoms with Gasteiger partial charge in [0.25, 0.3) is 0 Å². The third-order valence-electron chi connectivity index (χ3n) is 7.16. The maximum absolute atomic E-state index is 12.3. The highest BCUT2D eigenvalue weighted by atomic mass is 16.1. The van der Waals surface area contributed by atoms with Gasteiger partial charge in [0.2, 0.25) is 5.91 Å².